The number of nitrogens with zero attached hydrogens (tertiary/aromatic N) is 2. The fraction of sp³-hybridized carbons (Fsp3) is 0.357. The number of nitrogens with one attached hydrogen (secondary N) is 2. The molecule has 1 heterocycles. The standard InChI is InChI=1S/C14H18N4O/c1-4-9(2)14(19)16-12-8-6-5-7-11(12)13-15-10(3)17-18-13/h5-9H,4H2,1-3H3,(H,16,19)(H,15,17,18)/t9-/m1/s1. The van der Waals surface area contributed by atoms with Gasteiger partial charge in [-0.3, -0.25) is 9.89 Å². The van der Waals surface area contributed by atoms with Crippen LogP contribution in [0.25, 0.3) is 11.4 Å². The van der Waals surface area contributed by atoms with E-state index in [0.717, 1.165) is 23.5 Å². The van der Waals surface area contributed by atoms with Crippen molar-refractivity contribution in [1.82, 2.24) is 15.2 Å². The predicted octanol–water partition coefficient (Wildman–Crippen LogP) is 2.76. The zero-order valence-electron chi connectivity index (χ0n) is 11.4. The molecule has 1 aromatic carbocycles. The van der Waals surface area contributed by atoms with Crippen molar-refractivity contribution in [3.63, 3.8) is 0 Å². The third kappa shape index (κ3) is 2.99. The summed E-state index contributed by atoms with van der Waals surface area (Å²) in [4.78, 5) is 16.3. The molecule has 1 amide bonds. The van der Waals surface area contributed by atoms with Crippen LogP contribution in [-0.4, -0.2) is 21.1 Å². The van der Waals surface area contributed by atoms with Gasteiger partial charge in [0.15, 0.2) is 5.82 Å². The molecular formula is C14H18N4O. The Morgan fingerprint density at radius 2 is 2.16 bits per heavy atom. The van der Waals surface area contributed by atoms with Crippen molar-refractivity contribution < 1.29 is 4.79 Å². The molecule has 0 bridgehead atoms. The number of rotatable bonds is 4. The van der Waals surface area contributed by atoms with E-state index in [2.05, 4.69) is 20.5 Å². The fourth-order valence-corrected chi connectivity index (χ4v) is 1.69. The molecular weight excluding hydrogens is 240 g/mol. The number of carbonyl (C=O) groups is 1. The number of hydrogen-bond acceptors (Lipinski definition) is 3. The first kappa shape index (κ1) is 13.3. The Labute approximate surface area is 112 Å². The summed E-state index contributed by atoms with van der Waals surface area (Å²) in [7, 11) is 0. The molecule has 0 aliphatic heterocycles. The third-order valence-corrected chi connectivity index (χ3v) is 3.08. The largest absolute Gasteiger partial charge is 0.325 e. The molecule has 0 radical (unpaired) electrons. The first-order valence-electron chi connectivity index (χ1n) is 6.41. The lowest BCUT2D eigenvalue weighted by Gasteiger charge is -2.12. The van der Waals surface area contributed by atoms with E-state index < -0.39 is 0 Å². The van der Waals surface area contributed by atoms with Crippen LogP contribution in [0.1, 0.15) is 26.1 Å². The maximum absolute atomic E-state index is 12.0. The topological polar surface area (TPSA) is 70.7 Å². The molecule has 5 nitrogen and oxygen atoms in total. The number of carbonyl (C=O) groups excluding carboxylic acids is 1. The molecule has 1 aromatic heterocycles. The van der Waals surface area contributed by atoms with Gasteiger partial charge in [0, 0.05) is 11.5 Å². The maximum atomic E-state index is 12.0. The van der Waals surface area contributed by atoms with Crippen LogP contribution in [0.4, 0.5) is 5.69 Å². The minimum absolute atomic E-state index is 0.0121. The molecule has 2 rings (SSSR count). The monoisotopic (exact) mass is 258 g/mol. The molecule has 0 spiro atoms. The van der Waals surface area contributed by atoms with E-state index in [1.807, 2.05) is 45.0 Å². The molecule has 5 heteroatoms. The highest BCUT2D eigenvalue weighted by molar-refractivity contribution is 5.95. The molecule has 2 aromatic rings. The Hall–Kier alpha value is -2.17. The van der Waals surface area contributed by atoms with Gasteiger partial charge >= 0.3 is 0 Å². The van der Waals surface area contributed by atoms with Crippen LogP contribution in [0.2, 0.25) is 0 Å². The molecule has 0 unspecified atom stereocenters. The highest BCUT2D eigenvalue weighted by atomic mass is 16.1. The number of anilines is 1. The number of H-pyrrole nitrogens is 1. The normalized spacial score (nSPS) is 12.2. The molecule has 0 saturated heterocycles. The second-order valence-corrected chi connectivity index (χ2v) is 4.59. The summed E-state index contributed by atoms with van der Waals surface area (Å²) in [6.45, 7) is 5.75. The third-order valence-electron chi connectivity index (χ3n) is 3.08. The van der Waals surface area contributed by atoms with Crippen molar-refractivity contribution in [1.29, 1.82) is 0 Å². The Morgan fingerprint density at radius 3 is 2.79 bits per heavy atom. The second-order valence-electron chi connectivity index (χ2n) is 4.59. The molecule has 1 atom stereocenters. The summed E-state index contributed by atoms with van der Waals surface area (Å²) in [5, 5.41) is 9.88. The molecule has 0 saturated carbocycles. The van der Waals surface area contributed by atoms with E-state index in [0.29, 0.717) is 5.82 Å². The van der Waals surface area contributed by atoms with Gasteiger partial charge < -0.3 is 5.32 Å². The number of aryl methyl sites for hydroxylation is 1. The predicted molar refractivity (Wildman–Crippen MR) is 74.6 cm³/mol. The summed E-state index contributed by atoms with van der Waals surface area (Å²) >= 11 is 0. The van der Waals surface area contributed by atoms with Crippen molar-refractivity contribution in [2.75, 3.05) is 5.32 Å². The second kappa shape index (κ2) is 5.65. The smallest absolute Gasteiger partial charge is 0.227 e. The first-order chi connectivity index (χ1) is 9.11. The van der Waals surface area contributed by atoms with Crippen LogP contribution >= 0.6 is 0 Å². The molecule has 0 fully saturated rings. The average Bonchev–Trinajstić information content (AvgIpc) is 2.85. The molecule has 19 heavy (non-hydrogen) atoms. The Morgan fingerprint density at radius 1 is 1.42 bits per heavy atom. The number of aromatic amines is 1. The minimum atomic E-state index is -0.0121. The van der Waals surface area contributed by atoms with Gasteiger partial charge in [-0.1, -0.05) is 26.0 Å². The van der Waals surface area contributed by atoms with Gasteiger partial charge in [0.2, 0.25) is 5.91 Å². The van der Waals surface area contributed by atoms with Crippen LogP contribution in [0, 0.1) is 12.8 Å². The van der Waals surface area contributed by atoms with Crippen molar-refractivity contribution in [2.45, 2.75) is 27.2 Å². The number of hydrogen-bond donors (Lipinski definition) is 2. The van der Waals surface area contributed by atoms with Gasteiger partial charge in [-0.25, -0.2) is 4.98 Å². The summed E-state index contributed by atoms with van der Waals surface area (Å²) in [6, 6.07) is 7.55. The van der Waals surface area contributed by atoms with Crippen LogP contribution in [-0.2, 0) is 4.79 Å². The van der Waals surface area contributed by atoms with E-state index in [9.17, 15) is 4.79 Å². The number of aromatic nitrogens is 3. The lowest BCUT2D eigenvalue weighted by molar-refractivity contribution is -0.119. The van der Waals surface area contributed by atoms with Crippen molar-refractivity contribution in [3.05, 3.63) is 30.1 Å². The van der Waals surface area contributed by atoms with Crippen LogP contribution in [0.15, 0.2) is 24.3 Å². The Bertz CT molecular complexity index is 576. The SMILES string of the molecule is CC[C@@H](C)C(=O)Nc1ccccc1-c1n[nH]c(C)n1. The first-order valence-corrected chi connectivity index (χ1v) is 6.41. The lowest BCUT2D eigenvalue weighted by Crippen LogP contribution is -2.20. The van der Waals surface area contributed by atoms with Crippen molar-refractivity contribution in [2.24, 2.45) is 5.92 Å². The lowest BCUT2D eigenvalue weighted by atomic mass is 10.1. The number of para-hydroxylation sites is 1. The van der Waals surface area contributed by atoms with Gasteiger partial charge in [0.1, 0.15) is 5.82 Å². The van der Waals surface area contributed by atoms with Gasteiger partial charge in [0.05, 0.1) is 5.69 Å². The Kier molecular flexibility index (Phi) is 3.94. The van der Waals surface area contributed by atoms with Crippen LogP contribution in [0.5, 0.6) is 0 Å². The molecule has 100 valence electrons. The van der Waals surface area contributed by atoms with Gasteiger partial charge in [0.25, 0.3) is 0 Å². The summed E-state index contributed by atoms with van der Waals surface area (Å²) in [6.07, 6.45) is 0.813. The van der Waals surface area contributed by atoms with Crippen LogP contribution in [0.3, 0.4) is 0 Å². The van der Waals surface area contributed by atoms with Gasteiger partial charge in [-0.05, 0) is 25.5 Å². The molecule has 0 aliphatic carbocycles. The van der Waals surface area contributed by atoms with Crippen LogP contribution < -0.4 is 5.32 Å². The summed E-state index contributed by atoms with van der Waals surface area (Å²) in [5.74, 6) is 1.35. The number of benzene rings is 1. The number of amides is 1. The van der Waals surface area contributed by atoms with Gasteiger partial charge in [-0.15, -0.1) is 0 Å². The van der Waals surface area contributed by atoms with E-state index in [4.69, 9.17) is 0 Å². The van der Waals surface area contributed by atoms with Crippen molar-refractivity contribution in [3.8, 4) is 11.4 Å². The van der Waals surface area contributed by atoms with E-state index in [-0.39, 0.29) is 11.8 Å². The summed E-state index contributed by atoms with van der Waals surface area (Å²) < 4.78 is 0. The Balaban J connectivity index is 2.29. The zero-order valence-corrected chi connectivity index (χ0v) is 11.4. The average molecular weight is 258 g/mol. The minimum Gasteiger partial charge on any atom is -0.325 e. The summed E-state index contributed by atoms with van der Waals surface area (Å²) in [5.41, 5.74) is 1.57. The molecule has 2 N–H and O–H groups in total. The quantitative estimate of drug-likeness (QED) is 0.885. The van der Waals surface area contributed by atoms with E-state index >= 15 is 0 Å². The highest BCUT2D eigenvalue weighted by Crippen LogP contribution is 2.25. The fourth-order valence-electron chi connectivity index (χ4n) is 1.69. The zero-order chi connectivity index (χ0) is 13.8. The highest BCUT2D eigenvalue weighted by Gasteiger charge is 2.14. The van der Waals surface area contributed by atoms with Gasteiger partial charge in [-0.2, -0.15) is 5.10 Å². The van der Waals surface area contributed by atoms with Crippen molar-refractivity contribution >= 4 is 11.6 Å². The van der Waals surface area contributed by atoms with E-state index in [1.165, 1.54) is 0 Å². The maximum Gasteiger partial charge on any atom is 0.227 e. The molecule has 0 aliphatic rings. The van der Waals surface area contributed by atoms with E-state index in [1.54, 1.807) is 0 Å².